The molecule has 0 aromatic heterocycles. The van der Waals surface area contributed by atoms with Gasteiger partial charge in [-0.25, -0.2) is 0 Å². The molecule has 1 rings (SSSR count). The SMILES string of the molecule is CC(C)CNC(=O)[C@H]1CCCN(S(=O)(=O)N(C)C)C1. The first-order chi connectivity index (χ1) is 8.75. The molecule has 1 heterocycles. The lowest BCUT2D eigenvalue weighted by atomic mass is 9.98. The lowest BCUT2D eigenvalue weighted by molar-refractivity contribution is -0.126. The molecule has 1 aliphatic rings. The van der Waals surface area contributed by atoms with Crippen LogP contribution in [-0.2, 0) is 15.0 Å². The van der Waals surface area contributed by atoms with Crippen molar-refractivity contribution in [2.45, 2.75) is 26.7 Å². The molecule has 0 aliphatic carbocycles. The minimum Gasteiger partial charge on any atom is -0.356 e. The van der Waals surface area contributed by atoms with E-state index in [-0.39, 0.29) is 18.4 Å². The zero-order chi connectivity index (χ0) is 14.6. The van der Waals surface area contributed by atoms with Gasteiger partial charge in [0.1, 0.15) is 0 Å². The molecule has 0 saturated carbocycles. The minimum absolute atomic E-state index is 0.0349. The lowest BCUT2D eigenvalue weighted by Crippen LogP contribution is -2.49. The van der Waals surface area contributed by atoms with Gasteiger partial charge in [-0.2, -0.15) is 17.0 Å². The number of carbonyl (C=O) groups is 1. The van der Waals surface area contributed by atoms with Gasteiger partial charge in [0, 0.05) is 33.7 Å². The van der Waals surface area contributed by atoms with Gasteiger partial charge in [0.2, 0.25) is 5.91 Å². The van der Waals surface area contributed by atoms with Gasteiger partial charge in [-0.05, 0) is 18.8 Å². The van der Waals surface area contributed by atoms with Crippen LogP contribution in [0.15, 0.2) is 0 Å². The molecule has 0 radical (unpaired) electrons. The van der Waals surface area contributed by atoms with Crippen molar-refractivity contribution in [3.8, 4) is 0 Å². The summed E-state index contributed by atoms with van der Waals surface area (Å²) in [5.41, 5.74) is 0. The largest absolute Gasteiger partial charge is 0.356 e. The Morgan fingerprint density at radius 3 is 2.58 bits per heavy atom. The van der Waals surface area contributed by atoms with Crippen LogP contribution in [0.2, 0.25) is 0 Å². The summed E-state index contributed by atoms with van der Waals surface area (Å²) < 4.78 is 26.7. The molecule has 6 nitrogen and oxygen atoms in total. The van der Waals surface area contributed by atoms with Crippen LogP contribution in [0.25, 0.3) is 0 Å². The summed E-state index contributed by atoms with van der Waals surface area (Å²) in [4.78, 5) is 12.0. The summed E-state index contributed by atoms with van der Waals surface area (Å²) in [5, 5.41) is 2.88. The maximum Gasteiger partial charge on any atom is 0.281 e. The van der Waals surface area contributed by atoms with Crippen LogP contribution in [0.1, 0.15) is 26.7 Å². The fourth-order valence-corrected chi connectivity index (χ4v) is 3.24. The van der Waals surface area contributed by atoms with E-state index in [1.165, 1.54) is 22.7 Å². The van der Waals surface area contributed by atoms with E-state index in [0.29, 0.717) is 19.0 Å². The van der Waals surface area contributed by atoms with Gasteiger partial charge >= 0.3 is 0 Å². The third kappa shape index (κ3) is 4.43. The van der Waals surface area contributed by atoms with E-state index in [1.54, 1.807) is 0 Å². The van der Waals surface area contributed by atoms with E-state index in [1.807, 2.05) is 13.8 Å². The van der Waals surface area contributed by atoms with E-state index >= 15 is 0 Å². The highest BCUT2D eigenvalue weighted by molar-refractivity contribution is 7.86. The number of carbonyl (C=O) groups excluding carboxylic acids is 1. The maximum atomic E-state index is 12.0. The van der Waals surface area contributed by atoms with Crippen molar-refractivity contribution in [3.05, 3.63) is 0 Å². The van der Waals surface area contributed by atoms with Crippen LogP contribution in [0.5, 0.6) is 0 Å². The molecule has 0 aromatic carbocycles. The molecule has 7 heteroatoms. The Kier molecular flexibility index (Phi) is 5.76. The van der Waals surface area contributed by atoms with E-state index < -0.39 is 10.2 Å². The fraction of sp³-hybridized carbons (Fsp3) is 0.917. The number of hydrogen-bond acceptors (Lipinski definition) is 3. The average molecular weight is 291 g/mol. The lowest BCUT2D eigenvalue weighted by Gasteiger charge is -2.32. The smallest absolute Gasteiger partial charge is 0.281 e. The molecule has 0 bridgehead atoms. The molecule has 1 fully saturated rings. The van der Waals surface area contributed by atoms with Crippen molar-refractivity contribution in [1.29, 1.82) is 0 Å². The molecular formula is C12H25N3O3S. The number of amides is 1. The number of rotatable bonds is 5. The molecule has 0 unspecified atom stereocenters. The summed E-state index contributed by atoms with van der Waals surface area (Å²) in [7, 11) is -0.388. The summed E-state index contributed by atoms with van der Waals surface area (Å²) in [5.74, 6) is 0.128. The number of nitrogens with one attached hydrogen (secondary N) is 1. The van der Waals surface area contributed by atoms with Gasteiger partial charge in [-0.1, -0.05) is 13.8 Å². The van der Waals surface area contributed by atoms with Crippen molar-refractivity contribution in [2.24, 2.45) is 11.8 Å². The molecule has 1 aliphatic heterocycles. The van der Waals surface area contributed by atoms with Gasteiger partial charge in [0.25, 0.3) is 10.2 Å². The fourth-order valence-electron chi connectivity index (χ4n) is 2.05. The first-order valence-corrected chi connectivity index (χ1v) is 8.10. The van der Waals surface area contributed by atoms with Gasteiger partial charge in [-0.3, -0.25) is 4.79 Å². The van der Waals surface area contributed by atoms with Crippen molar-refractivity contribution in [2.75, 3.05) is 33.7 Å². The Morgan fingerprint density at radius 1 is 1.42 bits per heavy atom. The van der Waals surface area contributed by atoms with E-state index in [9.17, 15) is 13.2 Å². The van der Waals surface area contributed by atoms with Gasteiger partial charge < -0.3 is 5.32 Å². The Hall–Kier alpha value is -0.660. The Balaban J connectivity index is 2.62. The average Bonchev–Trinajstić information content (AvgIpc) is 2.35. The Labute approximate surface area is 116 Å². The van der Waals surface area contributed by atoms with Gasteiger partial charge in [-0.15, -0.1) is 0 Å². The van der Waals surface area contributed by atoms with E-state index in [2.05, 4.69) is 5.32 Å². The second-order valence-electron chi connectivity index (χ2n) is 5.63. The third-order valence-electron chi connectivity index (χ3n) is 3.23. The summed E-state index contributed by atoms with van der Waals surface area (Å²) in [6.07, 6.45) is 1.48. The van der Waals surface area contributed by atoms with Crippen molar-refractivity contribution in [3.63, 3.8) is 0 Å². The molecular weight excluding hydrogens is 266 g/mol. The molecule has 112 valence electrons. The molecule has 19 heavy (non-hydrogen) atoms. The second-order valence-corrected chi connectivity index (χ2v) is 7.77. The highest BCUT2D eigenvalue weighted by atomic mass is 32.2. The number of hydrogen-bond donors (Lipinski definition) is 1. The molecule has 1 amide bonds. The van der Waals surface area contributed by atoms with Crippen molar-refractivity contribution in [1.82, 2.24) is 13.9 Å². The summed E-state index contributed by atoms with van der Waals surface area (Å²) in [6, 6.07) is 0. The molecule has 0 aromatic rings. The first kappa shape index (κ1) is 16.4. The van der Waals surface area contributed by atoms with Crippen LogP contribution in [0.3, 0.4) is 0 Å². The quantitative estimate of drug-likeness (QED) is 0.791. The summed E-state index contributed by atoms with van der Waals surface area (Å²) in [6.45, 7) is 5.47. The predicted octanol–water partition coefficient (Wildman–Crippen LogP) is 0.277. The zero-order valence-corrected chi connectivity index (χ0v) is 13.0. The topological polar surface area (TPSA) is 69.7 Å². The highest BCUT2D eigenvalue weighted by Gasteiger charge is 2.33. The van der Waals surface area contributed by atoms with Crippen LogP contribution >= 0.6 is 0 Å². The first-order valence-electron chi connectivity index (χ1n) is 6.70. The van der Waals surface area contributed by atoms with E-state index in [0.717, 1.165) is 12.8 Å². The number of nitrogens with zero attached hydrogens (tertiary/aromatic N) is 2. The monoisotopic (exact) mass is 291 g/mol. The molecule has 1 saturated heterocycles. The molecule has 1 atom stereocenters. The van der Waals surface area contributed by atoms with Crippen LogP contribution in [0, 0.1) is 11.8 Å². The van der Waals surface area contributed by atoms with Crippen molar-refractivity contribution < 1.29 is 13.2 Å². The summed E-state index contributed by atoms with van der Waals surface area (Å²) >= 11 is 0. The standard InChI is InChI=1S/C12H25N3O3S/c1-10(2)8-13-12(16)11-6-5-7-15(9-11)19(17,18)14(3)4/h10-11H,5-9H2,1-4H3,(H,13,16)/t11-/m0/s1. The zero-order valence-electron chi connectivity index (χ0n) is 12.2. The van der Waals surface area contributed by atoms with Crippen LogP contribution in [0.4, 0.5) is 0 Å². The second kappa shape index (κ2) is 6.67. The normalized spacial score (nSPS) is 21.9. The van der Waals surface area contributed by atoms with Crippen LogP contribution in [-0.4, -0.2) is 56.7 Å². The van der Waals surface area contributed by atoms with Gasteiger partial charge in [0.05, 0.1) is 5.92 Å². The van der Waals surface area contributed by atoms with E-state index in [4.69, 9.17) is 0 Å². The Bertz CT molecular complexity index is 406. The maximum absolute atomic E-state index is 12.0. The Morgan fingerprint density at radius 2 is 2.05 bits per heavy atom. The highest BCUT2D eigenvalue weighted by Crippen LogP contribution is 2.20. The van der Waals surface area contributed by atoms with Crippen LogP contribution < -0.4 is 5.32 Å². The van der Waals surface area contributed by atoms with Gasteiger partial charge in [0.15, 0.2) is 0 Å². The molecule has 0 spiro atoms. The number of piperidine rings is 1. The minimum atomic E-state index is -3.41. The predicted molar refractivity (Wildman–Crippen MR) is 74.8 cm³/mol. The van der Waals surface area contributed by atoms with Crippen molar-refractivity contribution >= 4 is 16.1 Å². The third-order valence-corrected chi connectivity index (χ3v) is 5.13. The molecule has 1 N–H and O–H groups in total.